The minimum atomic E-state index is -0.0283. The van der Waals surface area contributed by atoms with Gasteiger partial charge in [-0.3, -0.25) is 9.13 Å². The second-order valence-electron chi connectivity index (χ2n) is 8.81. The van der Waals surface area contributed by atoms with E-state index in [-0.39, 0.29) is 5.69 Å². The molecule has 0 amide bonds. The molecule has 178 valence electrons. The van der Waals surface area contributed by atoms with E-state index in [0.717, 1.165) is 49.2 Å². The fraction of sp³-hybridized carbons (Fsp3) is 0.560. The minimum Gasteiger partial charge on any atom is -0.497 e. The summed E-state index contributed by atoms with van der Waals surface area (Å²) in [6, 6.07) is 7.83. The molecule has 0 spiro atoms. The second-order valence-corrected chi connectivity index (χ2v) is 8.81. The van der Waals surface area contributed by atoms with E-state index in [1.165, 1.54) is 32.4 Å². The third-order valence-electron chi connectivity index (χ3n) is 6.38. The molecule has 8 heteroatoms. The molecule has 3 heterocycles. The number of ether oxygens (including phenoxy) is 1. The molecule has 1 aliphatic heterocycles. The fourth-order valence-corrected chi connectivity index (χ4v) is 4.46. The van der Waals surface area contributed by atoms with Crippen LogP contribution >= 0.6 is 0 Å². The number of anilines is 1. The Hall–Kier alpha value is -2.87. The molecule has 4 rings (SSSR count). The first kappa shape index (κ1) is 23.3. The van der Waals surface area contributed by atoms with Crippen molar-refractivity contribution in [1.29, 1.82) is 0 Å². The van der Waals surface area contributed by atoms with Gasteiger partial charge in [-0.15, -0.1) is 0 Å². The van der Waals surface area contributed by atoms with Crippen LogP contribution < -0.4 is 15.7 Å². The lowest BCUT2D eigenvalue weighted by atomic mass is 10.1. The average molecular weight is 453 g/mol. The molecule has 33 heavy (non-hydrogen) atoms. The number of likely N-dealkylation sites (tertiary alicyclic amines) is 1. The largest absolute Gasteiger partial charge is 0.497 e. The zero-order valence-electron chi connectivity index (χ0n) is 19.9. The Morgan fingerprint density at radius 3 is 2.55 bits per heavy atom. The summed E-state index contributed by atoms with van der Waals surface area (Å²) in [5, 5.41) is 3.29. The summed E-state index contributed by atoms with van der Waals surface area (Å²) in [7, 11) is 1.65. The van der Waals surface area contributed by atoms with Crippen molar-refractivity contribution in [2.75, 3.05) is 38.6 Å². The predicted octanol–water partition coefficient (Wildman–Crippen LogP) is 3.74. The van der Waals surface area contributed by atoms with E-state index in [9.17, 15) is 4.79 Å². The lowest BCUT2D eigenvalue weighted by Crippen LogP contribution is -2.32. The molecule has 2 aromatic heterocycles. The first-order valence-electron chi connectivity index (χ1n) is 12.2. The van der Waals surface area contributed by atoms with E-state index in [1.807, 2.05) is 28.8 Å². The molecular weight excluding hydrogens is 416 g/mol. The number of imidazole rings is 1. The van der Waals surface area contributed by atoms with Gasteiger partial charge < -0.3 is 15.0 Å². The van der Waals surface area contributed by atoms with Crippen molar-refractivity contribution < 1.29 is 4.74 Å². The molecule has 0 unspecified atom stereocenters. The SMILES string of the molecule is CCCCNc1ncc2c(n1)n(Cc1ccc(OC)cc1)c(=O)n2CCCN1CCCCC1. The zero-order valence-corrected chi connectivity index (χ0v) is 19.9. The van der Waals surface area contributed by atoms with Crippen molar-refractivity contribution in [3.05, 3.63) is 46.5 Å². The molecule has 1 saturated heterocycles. The quantitative estimate of drug-likeness (QED) is 0.447. The first-order chi connectivity index (χ1) is 16.2. The highest BCUT2D eigenvalue weighted by Crippen LogP contribution is 2.17. The Balaban J connectivity index is 1.59. The number of nitrogens with one attached hydrogen (secondary N) is 1. The number of rotatable bonds is 11. The normalized spacial score (nSPS) is 14.6. The van der Waals surface area contributed by atoms with Crippen molar-refractivity contribution in [3.8, 4) is 5.75 Å². The van der Waals surface area contributed by atoms with E-state index in [4.69, 9.17) is 9.72 Å². The van der Waals surface area contributed by atoms with E-state index < -0.39 is 0 Å². The van der Waals surface area contributed by atoms with Crippen molar-refractivity contribution in [2.24, 2.45) is 0 Å². The van der Waals surface area contributed by atoms with Crippen LogP contribution in [-0.4, -0.2) is 57.3 Å². The number of unbranched alkanes of at least 4 members (excludes halogenated alkanes) is 1. The van der Waals surface area contributed by atoms with E-state index in [2.05, 4.69) is 22.1 Å². The predicted molar refractivity (Wildman–Crippen MR) is 132 cm³/mol. The maximum atomic E-state index is 13.5. The number of hydrogen-bond donors (Lipinski definition) is 1. The van der Waals surface area contributed by atoms with Crippen LogP contribution in [0.2, 0.25) is 0 Å². The molecular formula is C25H36N6O2. The topological polar surface area (TPSA) is 77.2 Å². The lowest BCUT2D eigenvalue weighted by molar-refractivity contribution is 0.223. The summed E-state index contributed by atoms with van der Waals surface area (Å²) in [6.07, 6.45) is 8.79. The maximum Gasteiger partial charge on any atom is 0.330 e. The van der Waals surface area contributed by atoms with Crippen LogP contribution in [-0.2, 0) is 13.1 Å². The summed E-state index contributed by atoms with van der Waals surface area (Å²) in [4.78, 5) is 25.2. The third-order valence-corrected chi connectivity index (χ3v) is 6.38. The first-order valence-corrected chi connectivity index (χ1v) is 12.2. The van der Waals surface area contributed by atoms with Gasteiger partial charge in [-0.05, 0) is 63.0 Å². The van der Waals surface area contributed by atoms with Gasteiger partial charge in [0.15, 0.2) is 5.65 Å². The lowest BCUT2D eigenvalue weighted by Gasteiger charge is -2.26. The molecule has 0 atom stereocenters. The average Bonchev–Trinajstić information content (AvgIpc) is 3.11. The van der Waals surface area contributed by atoms with Crippen molar-refractivity contribution in [2.45, 2.75) is 58.5 Å². The van der Waals surface area contributed by atoms with Gasteiger partial charge in [-0.25, -0.2) is 9.78 Å². The van der Waals surface area contributed by atoms with Crippen LogP contribution in [0.25, 0.3) is 11.2 Å². The molecule has 1 fully saturated rings. The van der Waals surface area contributed by atoms with E-state index in [1.54, 1.807) is 17.9 Å². The summed E-state index contributed by atoms with van der Waals surface area (Å²) in [5.74, 6) is 1.38. The molecule has 8 nitrogen and oxygen atoms in total. The number of aromatic nitrogens is 4. The molecule has 1 N–H and O–H groups in total. The number of aryl methyl sites for hydroxylation is 1. The Morgan fingerprint density at radius 1 is 1.03 bits per heavy atom. The Labute approximate surface area is 195 Å². The summed E-state index contributed by atoms with van der Waals surface area (Å²) in [5.41, 5.74) is 2.49. The Morgan fingerprint density at radius 2 is 1.82 bits per heavy atom. The smallest absolute Gasteiger partial charge is 0.330 e. The second kappa shape index (κ2) is 11.3. The number of nitrogens with zero attached hydrogens (tertiary/aromatic N) is 5. The Kier molecular flexibility index (Phi) is 7.99. The number of hydrogen-bond acceptors (Lipinski definition) is 6. The van der Waals surface area contributed by atoms with Gasteiger partial charge in [-0.2, -0.15) is 4.98 Å². The van der Waals surface area contributed by atoms with Crippen LogP contribution in [0.15, 0.2) is 35.3 Å². The molecule has 0 bridgehead atoms. The third kappa shape index (κ3) is 5.74. The van der Waals surface area contributed by atoms with Gasteiger partial charge in [0.1, 0.15) is 11.3 Å². The molecule has 1 aliphatic rings. The number of methoxy groups -OCH3 is 1. The van der Waals surface area contributed by atoms with Crippen LogP contribution in [0.1, 0.15) is 51.0 Å². The number of piperidine rings is 1. The maximum absolute atomic E-state index is 13.5. The van der Waals surface area contributed by atoms with Crippen molar-refractivity contribution in [1.82, 2.24) is 24.0 Å². The van der Waals surface area contributed by atoms with Gasteiger partial charge in [0.25, 0.3) is 0 Å². The number of fused-ring (bicyclic) bond motifs is 1. The van der Waals surface area contributed by atoms with Crippen LogP contribution in [0, 0.1) is 0 Å². The highest BCUT2D eigenvalue weighted by atomic mass is 16.5. The minimum absolute atomic E-state index is 0.0283. The van der Waals surface area contributed by atoms with Crippen LogP contribution in [0.5, 0.6) is 5.75 Å². The van der Waals surface area contributed by atoms with Gasteiger partial charge in [0.05, 0.1) is 19.9 Å². The monoisotopic (exact) mass is 452 g/mol. The van der Waals surface area contributed by atoms with Gasteiger partial charge in [0.2, 0.25) is 5.95 Å². The molecule has 0 aliphatic carbocycles. The van der Waals surface area contributed by atoms with E-state index >= 15 is 0 Å². The standard InChI is InChI=1S/C25H36N6O2/c1-3-4-13-26-24-27-18-22-23(28-24)31(19-20-9-11-21(33-2)12-10-20)25(32)30(22)17-8-16-29-14-6-5-7-15-29/h9-12,18H,3-8,13-17,19H2,1-2H3,(H,26,27,28). The molecule has 0 saturated carbocycles. The molecule has 3 aromatic rings. The Bertz CT molecular complexity index is 1080. The van der Waals surface area contributed by atoms with Gasteiger partial charge in [-0.1, -0.05) is 31.9 Å². The summed E-state index contributed by atoms with van der Waals surface area (Å²) >= 11 is 0. The van der Waals surface area contributed by atoms with Crippen LogP contribution in [0.3, 0.4) is 0 Å². The molecule has 0 radical (unpaired) electrons. The zero-order chi connectivity index (χ0) is 23.0. The highest BCUT2D eigenvalue weighted by molar-refractivity contribution is 5.72. The summed E-state index contributed by atoms with van der Waals surface area (Å²) in [6.45, 7) is 7.48. The highest BCUT2D eigenvalue weighted by Gasteiger charge is 2.17. The van der Waals surface area contributed by atoms with Gasteiger partial charge >= 0.3 is 5.69 Å². The van der Waals surface area contributed by atoms with Crippen molar-refractivity contribution >= 4 is 17.1 Å². The number of benzene rings is 1. The van der Waals surface area contributed by atoms with Crippen molar-refractivity contribution in [3.63, 3.8) is 0 Å². The fourth-order valence-electron chi connectivity index (χ4n) is 4.46. The molecule has 1 aromatic carbocycles. The summed E-state index contributed by atoms with van der Waals surface area (Å²) < 4.78 is 8.88. The van der Waals surface area contributed by atoms with Crippen LogP contribution in [0.4, 0.5) is 5.95 Å². The van der Waals surface area contributed by atoms with Gasteiger partial charge in [0, 0.05) is 13.1 Å². The van der Waals surface area contributed by atoms with E-state index in [0.29, 0.717) is 24.7 Å².